The number of allylic oxidation sites excluding steroid dienone is 20. The summed E-state index contributed by atoms with van der Waals surface area (Å²) in [5, 5.41) is 0. The molecule has 396 valence electrons. The zero-order valence-corrected chi connectivity index (χ0v) is 45.2. The average molecular weight is 970 g/mol. The highest BCUT2D eigenvalue weighted by Gasteiger charge is 2.19. The standard InChI is InChI=1S/C64H104O6/c1-4-7-10-13-16-18-20-21-22-23-24-25-26-27-28-29-30-31-32-33-34-35-36-37-38-39-40-41-42-43-44-46-48-51-54-57-63(66)69-60-61(59-68-62(65)56-53-50-47-15-12-9-6-3)70-64(67)58-55-52-49-45-19-17-14-11-8-5-2/h7,10,16,18,21-22,24-25,27-28,30-31,33-34,36-37,39-40,42-43,61H,4-6,8-9,11-15,17,19-20,23,26,29,32,35,38,41,44-60H2,1-3H3/b10-7-,18-16-,22-21-,25-24-,28-27-,31-30-,34-33-,37-36-,40-39-,43-42-. The molecule has 0 heterocycles. The molecule has 0 saturated carbocycles. The van der Waals surface area contributed by atoms with Gasteiger partial charge in [0.1, 0.15) is 13.2 Å². The minimum Gasteiger partial charge on any atom is -0.462 e. The summed E-state index contributed by atoms with van der Waals surface area (Å²) in [4.78, 5) is 37.7. The predicted molar refractivity (Wildman–Crippen MR) is 302 cm³/mol. The van der Waals surface area contributed by atoms with Crippen molar-refractivity contribution < 1.29 is 28.6 Å². The Bertz CT molecular complexity index is 1490. The molecule has 0 saturated heterocycles. The molecule has 0 N–H and O–H groups in total. The van der Waals surface area contributed by atoms with E-state index in [-0.39, 0.29) is 31.1 Å². The van der Waals surface area contributed by atoms with Gasteiger partial charge in [-0.3, -0.25) is 14.4 Å². The number of rotatable bonds is 50. The van der Waals surface area contributed by atoms with Crippen LogP contribution in [0.15, 0.2) is 122 Å². The molecule has 0 radical (unpaired) electrons. The number of hydrogen-bond donors (Lipinski definition) is 0. The summed E-state index contributed by atoms with van der Waals surface area (Å²) >= 11 is 0. The molecule has 0 aliphatic rings. The van der Waals surface area contributed by atoms with Crippen molar-refractivity contribution in [2.24, 2.45) is 0 Å². The van der Waals surface area contributed by atoms with Gasteiger partial charge in [-0.2, -0.15) is 0 Å². The van der Waals surface area contributed by atoms with Crippen LogP contribution in [0.4, 0.5) is 0 Å². The number of ether oxygens (including phenoxy) is 3. The molecule has 0 spiro atoms. The van der Waals surface area contributed by atoms with Crippen LogP contribution in [-0.4, -0.2) is 37.2 Å². The summed E-state index contributed by atoms with van der Waals surface area (Å²) < 4.78 is 16.7. The van der Waals surface area contributed by atoms with E-state index < -0.39 is 6.10 Å². The second kappa shape index (κ2) is 57.4. The van der Waals surface area contributed by atoms with E-state index in [1.807, 2.05) is 0 Å². The number of carbonyl (C=O) groups excluding carboxylic acids is 3. The summed E-state index contributed by atoms with van der Waals surface area (Å²) in [5.74, 6) is -0.924. The lowest BCUT2D eigenvalue weighted by Crippen LogP contribution is -2.30. The normalized spacial score (nSPS) is 13.0. The smallest absolute Gasteiger partial charge is 0.306 e. The van der Waals surface area contributed by atoms with Crippen LogP contribution >= 0.6 is 0 Å². The lowest BCUT2D eigenvalue weighted by atomic mass is 10.1. The highest BCUT2D eigenvalue weighted by Crippen LogP contribution is 2.14. The van der Waals surface area contributed by atoms with Crippen LogP contribution < -0.4 is 0 Å². The molecule has 0 aromatic carbocycles. The fourth-order valence-corrected chi connectivity index (χ4v) is 7.47. The van der Waals surface area contributed by atoms with Crippen LogP contribution in [0, 0.1) is 0 Å². The monoisotopic (exact) mass is 969 g/mol. The molecule has 70 heavy (non-hydrogen) atoms. The summed E-state index contributed by atoms with van der Waals surface area (Å²) in [6.07, 6.45) is 79.4. The zero-order chi connectivity index (χ0) is 50.7. The maximum Gasteiger partial charge on any atom is 0.306 e. The Hall–Kier alpha value is -4.19. The molecule has 0 fully saturated rings. The minimum atomic E-state index is -0.784. The second-order valence-corrected chi connectivity index (χ2v) is 18.5. The SMILES string of the molecule is CC/C=C\C/C=C\C/C=C\C/C=C\C/C=C\C/C=C\C/C=C\C/C=C\C/C=C\C/C=C\CCCCCCC(=O)OCC(COC(=O)CCCCCCCCC)OC(=O)CCCCCCCCCCCC. The third-order valence-corrected chi connectivity index (χ3v) is 11.7. The molecule has 0 rings (SSSR count). The largest absolute Gasteiger partial charge is 0.462 e. The first-order valence-electron chi connectivity index (χ1n) is 28.5. The van der Waals surface area contributed by atoms with Crippen LogP contribution in [0.25, 0.3) is 0 Å². The fourth-order valence-electron chi connectivity index (χ4n) is 7.47. The Morgan fingerprint density at radius 3 is 0.871 bits per heavy atom. The molecule has 1 atom stereocenters. The molecule has 0 amide bonds. The van der Waals surface area contributed by atoms with E-state index in [4.69, 9.17) is 14.2 Å². The van der Waals surface area contributed by atoms with Crippen molar-refractivity contribution in [3.63, 3.8) is 0 Å². The van der Waals surface area contributed by atoms with E-state index in [0.29, 0.717) is 19.3 Å². The van der Waals surface area contributed by atoms with Crippen molar-refractivity contribution in [1.82, 2.24) is 0 Å². The molecule has 0 aromatic heterocycles. The van der Waals surface area contributed by atoms with Gasteiger partial charge in [0.25, 0.3) is 0 Å². The summed E-state index contributed by atoms with van der Waals surface area (Å²) in [6.45, 7) is 6.43. The van der Waals surface area contributed by atoms with Gasteiger partial charge in [-0.05, 0) is 96.3 Å². The van der Waals surface area contributed by atoms with Gasteiger partial charge in [-0.1, -0.05) is 251 Å². The van der Waals surface area contributed by atoms with Gasteiger partial charge < -0.3 is 14.2 Å². The number of unbranched alkanes of at least 4 members (excludes halogenated alkanes) is 19. The van der Waals surface area contributed by atoms with Crippen LogP contribution in [0.2, 0.25) is 0 Å². The van der Waals surface area contributed by atoms with Crippen molar-refractivity contribution in [2.75, 3.05) is 13.2 Å². The van der Waals surface area contributed by atoms with E-state index in [1.54, 1.807) is 0 Å². The number of esters is 3. The fraction of sp³-hybridized carbons (Fsp3) is 0.641. The first-order chi connectivity index (χ1) is 34.5. The van der Waals surface area contributed by atoms with Crippen LogP contribution in [0.1, 0.15) is 245 Å². The number of hydrogen-bond acceptors (Lipinski definition) is 6. The third-order valence-electron chi connectivity index (χ3n) is 11.7. The first-order valence-corrected chi connectivity index (χ1v) is 28.5. The lowest BCUT2D eigenvalue weighted by Gasteiger charge is -2.18. The van der Waals surface area contributed by atoms with E-state index in [0.717, 1.165) is 135 Å². The van der Waals surface area contributed by atoms with Gasteiger partial charge in [0.2, 0.25) is 0 Å². The van der Waals surface area contributed by atoms with E-state index in [2.05, 4.69) is 142 Å². The highest BCUT2D eigenvalue weighted by atomic mass is 16.6. The molecule has 0 aliphatic carbocycles. The van der Waals surface area contributed by atoms with Crippen molar-refractivity contribution >= 4 is 17.9 Å². The molecule has 0 bridgehead atoms. The van der Waals surface area contributed by atoms with Crippen LogP contribution in [0.5, 0.6) is 0 Å². The molecule has 0 aliphatic heterocycles. The zero-order valence-electron chi connectivity index (χ0n) is 45.2. The van der Waals surface area contributed by atoms with Crippen molar-refractivity contribution in [3.05, 3.63) is 122 Å². The molecule has 6 nitrogen and oxygen atoms in total. The topological polar surface area (TPSA) is 78.9 Å². The number of carbonyl (C=O) groups is 3. The maximum absolute atomic E-state index is 12.7. The van der Waals surface area contributed by atoms with E-state index >= 15 is 0 Å². The van der Waals surface area contributed by atoms with Gasteiger partial charge in [0.05, 0.1) is 0 Å². The quantitative estimate of drug-likeness (QED) is 0.0262. The van der Waals surface area contributed by atoms with Crippen molar-refractivity contribution in [1.29, 1.82) is 0 Å². The molecular weight excluding hydrogens is 865 g/mol. The molecule has 6 heteroatoms. The van der Waals surface area contributed by atoms with Gasteiger partial charge in [0.15, 0.2) is 6.10 Å². The van der Waals surface area contributed by atoms with Gasteiger partial charge in [-0.25, -0.2) is 0 Å². The molecular formula is C64H104O6. The third kappa shape index (κ3) is 54.7. The second-order valence-electron chi connectivity index (χ2n) is 18.5. The Morgan fingerprint density at radius 1 is 0.300 bits per heavy atom. The average Bonchev–Trinajstić information content (AvgIpc) is 3.36. The van der Waals surface area contributed by atoms with Crippen LogP contribution in [0.3, 0.4) is 0 Å². The van der Waals surface area contributed by atoms with Crippen LogP contribution in [-0.2, 0) is 28.6 Å². The van der Waals surface area contributed by atoms with Crippen molar-refractivity contribution in [3.8, 4) is 0 Å². The first kappa shape index (κ1) is 65.8. The summed E-state index contributed by atoms with van der Waals surface area (Å²) in [5.41, 5.74) is 0. The van der Waals surface area contributed by atoms with E-state index in [9.17, 15) is 14.4 Å². The Kier molecular flexibility index (Phi) is 54.0. The lowest BCUT2D eigenvalue weighted by molar-refractivity contribution is -0.167. The van der Waals surface area contributed by atoms with E-state index in [1.165, 1.54) is 70.6 Å². The summed E-state index contributed by atoms with van der Waals surface area (Å²) in [6, 6.07) is 0. The van der Waals surface area contributed by atoms with Gasteiger partial charge >= 0.3 is 17.9 Å². The Labute approximate surface area is 431 Å². The van der Waals surface area contributed by atoms with Gasteiger partial charge in [-0.15, -0.1) is 0 Å². The maximum atomic E-state index is 12.7. The highest BCUT2D eigenvalue weighted by molar-refractivity contribution is 5.71. The Morgan fingerprint density at radius 2 is 0.557 bits per heavy atom. The summed E-state index contributed by atoms with van der Waals surface area (Å²) in [7, 11) is 0. The Balaban J connectivity index is 4.14. The van der Waals surface area contributed by atoms with Crippen molar-refractivity contribution in [2.45, 2.75) is 252 Å². The molecule has 0 aromatic rings. The minimum absolute atomic E-state index is 0.0854. The molecule has 1 unspecified atom stereocenters. The predicted octanol–water partition coefficient (Wildman–Crippen LogP) is 19.3. The van der Waals surface area contributed by atoms with Gasteiger partial charge in [0, 0.05) is 19.3 Å².